The highest BCUT2D eigenvalue weighted by Crippen LogP contribution is 2.29. The molecule has 0 aliphatic heterocycles. The van der Waals surface area contributed by atoms with Crippen LogP contribution in [0.4, 0.5) is 5.69 Å². The third-order valence-electron chi connectivity index (χ3n) is 2.91. The van der Waals surface area contributed by atoms with Crippen LogP contribution in [0.1, 0.15) is 31.5 Å². The maximum absolute atomic E-state index is 6.01. The maximum Gasteiger partial charge on any atom is 0.142 e. The number of nitrogens with zero attached hydrogens (tertiary/aromatic N) is 1. The first-order chi connectivity index (χ1) is 9.40. The van der Waals surface area contributed by atoms with Crippen molar-refractivity contribution in [3.63, 3.8) is 0 Å². The van der Waals surface area contributed by atoms with Gasteiger partial charge in [-0.1, -0.05) is 32.4 Å². The Morgan fingerprint density at radius 2 is 2.10 bits per heavy atom. The molecule has 0 spiro atoms. The molecule has 2 aromatic rings. The third-order valence-corrected chi connectivity index (χ3v) is 4.00. The van der Waals surface area contributed by atoms with Crippen LogP contribution in [0.3, 0.4) is 0 Å². The molecule has 2 rings (SSSR count). The Balaban J connectivity index is 2.09. The molecule has 1 aromatic heterocycles. The summed E-state index contributed by atoms with van der Waals surface area (Å²) in [6.45, 7) is 7.16. The summed E-state index contributed by atoms with van der Waals surface area (Å²) in [4.78, 5) is 4.66. The van der Waals surface area contributed by atoms with Gasteiger partial charge in [-0.05, 0) is 18.2 Å². The van der Waals surface area contributed by atoms with Gasteiger partial charge in [0.1, 0.15) is 10.8 Å². The number of anilines is 1. The highest BCUT2D eigenvalue weighted by molar-refractivity contribution is 7.09. The summed E-state index contributed by atoms with van der Waals surface area (Å²) in [7, 11) is 1.65. The molecule has 0 atom stereocenters. The molecule has 0 radical (unpaired) electrons. The Kier molecular flexibility index (Phi) is 4.55. The molecular formula is C15H19ClN2OS. The lowest BCUT2D eigenvalue weighted by atomic mass is 9.93. The third kappa shape index (κ3) is 3.64. The first-order valence-corrected chi connectivity index (χ1v) is 7.68. The van der Waals surface area contributed by atoms with Crippen LogP contribution in [0, 0.1) is 0 Å². The lowest BCUT2D eigenvalue weighted by Gasteiger charge is -2.14. The first kappa shape index (κ1) is 15.1. The zero-order valence-electron chi connectivity index (χ0n) is 12.2. The first-order valence-electron chi connectivity index (χ1n) is 6.42. The van der Waals surface area contributed by atoms with Crippen molar-refractivity contribution < 1.29 is 4.74 Å². The van der Waals surface area contributed by atoms with Crippen molar-refractivity contribution in [1.82, 2.24) is 4.98 Å². The van der Waals surface area contributed by atoms with Gasteiger partial charge in [0, 0.05) is 15.8 Å². The molecule has 0 aliphatic rings. The Labute approximate surface area is 129 Å². The van der Waals surface area contributed by atoms with Crippen LogP contribution in [0.5, 0.6) is 5.75 Å². The molecule has 0 amide bonds. The number of methoxy groups -OCH3 is 1. The largest absolute Gasteiger partial charge is 0.495 e. The Morgan fingerprint density at radius 3 is 2.70 bits per heavy atom. The van der Waals surface area contributed by atoms with Crippen molar-refractivity contribution in [3.05, 3.63) is 39.3 Å². The zero-order chi connectivity index (χ0) is 14.8. The van der Waals surface area contributed by atoms with Crippen LogP contribution in [0.15, 0.2) is 23.6 Å². The molecule has 1 aromatic carbocycles. The van der Waals surface area contributed by atoms with E-state index in [1.54, 1.807) is 18.4 Å². The molecule has 0 fully saturated rings. The maximum atomic E-state index is 6.01. The molecule has 0 aliphatic carbocycles. The molecule has 0 unspecified atom stereocenters. The normalized spacial score (nSPS) is 11.4. The fraction of sp³-hybridized carbons (Fsp3) is 0.400. The molecule has 0 saturated heterocycles. The molecule has 1 heterocycles. The summed E-state index contributed by atoms with van der Waals surface area (Å²) in [5, 5.41) is 7.18. The van der Waals surface area contributed by atoms with Gasteiger partial charge in [0.15, 0.2) is 0 Å². The molecular weight excluding hydrogens is 292 g/mol. The number of rotatable bonds is 4. The summed E-state index contributed by atoms with van der Waals surface area (Å²) in [6, 6.07) is 5.53. The van der Waals surface area contributed by atoms with E-state index in [1.807, 2.05) is 18.2 Å². The topological polar surface area (TPSA) is 34.1 Å². The van der Waals surface area contributed by atoms with Crippen LogP contribution in [0.2, 0.25) is 5.02 Å². The highest BCUT2D eigenvalue weighted by atomic mass is 35.5. The van der Waals surface area contributed by atoms with E-state index in [9.17, 15) is 0 Å². The molecule has 20 heavy (non-hydrogen) atoms. The van der Waals surface area contributed by atoms with Crippen molar-refractivity contribution in [1.29, 1.82) is 0 Å². The van der Waals surface area contributed by atoms with E-state index in [1.165, 1.54) is 0 Å². The lowest BCUT2D eigenvalue weighted by Crippen LogP contribution is -2.12. The monoisotopic (exact) mass is 310 g/mol. The number of ether oxygens (including phenoxy) is 1. The van der Waals surface area contributed by atoms with E-state index in [2.05, 4.69) is 36.5 Å². The van der Waals surface area contributed by atoms with E-state index in [-0.39, 0.29) is 5.41 Å². The average Bonchev–Trinajstić information content (AvgIpc) is 2.85. The van der Waals surface area contributed by atoms with Crippen LogP contribution in [-0.2, 0) is 12.0 Å². The smallest absolute Gasteiger partial charge is 0.142 e. The Bertz CT molecular complexity index is 590. The van der Waals surface area contributed by atoms with Gasteiger partial charge in [0.25, 0.3) is 0 Å². The van der Waals surface area contributed by atoms with Gasteiger partial charge in [-0.15, -0.1) is 11.3 Å². The fourth-order valence-electron chi connectivity index (χ4n) is 1.73. The van der Waals surface area contributed by atoms with E-state index in [4.69, 9.17) is 16.3 Å². The fourth-order valence-corrected chi connectivity index (χ4v) is 2.86. The van der Waals surface area contributed by atoms with Gasteiger partial charge in [-0.2, -0.15) is 0 Å². The molecule has 3 nitrogen and oxygen atoms in total. The van der Waals surface area contributed by atoms with Crippen LogP contribution < -0.4 is 10.1 Å². The summed E-state index contributed by atoms with van der Waals surface area (Å²) in [5.74, 6) is 0.780. The zero-order valence-corrected chi connectivity index (χ0v) is 13.7. The second kappa shape index (κ2) is 6.02. The standard InChI is InChI=1S/C15H19ClN2OS/c1-15(2,3)13-9-20-14(18-13)8-17-11-7-10(16)5-6-12(11)19-4/h5-7,9,17H,8H2,1-4H3. The number of halogens is 1. The number of nitrogens with one attached hydrogen (secondary N) is 1. The van der Waals surface area contributed by atoms with Crippen molar-refractivity contribution in [2.75, 3.05) is 12.4 Å². The molecule has 1 N–H and O–H groups in total. The molecule has 0 bridgehead atoms. The second-order valence-electron chi connectivity index (χ2n) is 5.57. The summed E-state index contributed by atoms with van der Waals surface area (Å²) in [5.41, 5.74) is 2.09. The predicted octanol–water partition coefficient (Wildman–Crippen LogP) is 4.71. The number of aromatic nitrogens is 1. The van der Waals surface area contributed by atoms with Crippen molar-refractivity contribution in [3.8, 4) is 5.75 Å². The molecule has 108 valence electrons. The minimum absolute atomic E-state index is 0.0858. The van der Waals surface area contributed by atoms with Crippen molar-refractivity contribution in [2.45, 2.75) is 32.7 Å². The quantitative estimate of drug-likeness (QED) is 0.887. The number of hydrogen-bond acceptors (Lipinski definition) is 4. The van der Waals surface area contributed by atoms with Gasteiger partial charge in [0.05, 0.1) is 25.0 Å². The average molecular weight is 311 g/mol. The van der Waals surface area contributed by atoms with E-state index < -0.39 is 0 Å². The molecule has 0 saturated carbocycles. The van der Waals surface area contributed by atoms with Gasteiger partial charge in [-0.3, -0.25) is 0 Å². The molecule has 5 heteroatoms. The van der Waals surface area contributed by atoms with Gasteiger partial charge in [0.2, 0.25) is 0 Å². The van der Waals surface area contributed by atoms with E-state index in [0.717, 1.165) is 22.1 Å². The Hall–Kier alpha value is -1.26. The van der Waals surface area contributed by atoms with Crippen molar-refractivity contribution >= 4 is 28.6 Å². The summed E-state index contributed by atoms with van der Waals surface area (Å²) >= 11 is 7.68. The summed E-state index contributed by atoms with van der Waals surface area (Å²) < 4.78 is 5.31. The lowest BCUT2D eigenvalue weighted by molar-refractivity contribution is 0.416. The van der Waals surface area contributed by atoms with Gasteiger partial charge in [-0.25, -0.2) is 4.98 Å². The van der Waals surface area contributed by atoms with Crippen molar-refractivity contribution in [2.24, 2.45) is 0 Å². The van der Waals surface area contributed by atoms with Crippen LogP contribution >= 0.6 is 22.9 Å². The number of benzene rings is 1. The SMILES string of the molecule is COc1ccc(Cl)cc1NCc1nc(C(C)(C)C)cs1. The van der Waals surface area contributed by atoms with Crippen LogP contribution in [0.25, 0.3) is 0 Å². The van der Waals surface area contributed by atoms with Gasteiger partial charge >= 0.3 is 0 Å². The predicted molar refractivity (Wildman–Crippen MR) is 86.1 cm³/mol. The second-order valence-corrected chi connectivity index (χ2v) is 6.95. The summed E-state index contributed by atoms with van der Waals surface area (Å²) in [6.07, 6.45) is 0. The van der Waals surface area contributed by atoms with E-state index >= 15 is 0 Å². The highest BCUT2D eigenvalue weighted by Gasteiger charge is 2.17. The van der Waals surface area contributed by atoms with E-state index in [0.29, 0.717) is 11.6 Å². The minimum atomic E-state index is 0.0858. The van der Waals surface area contributed by atoms with Crippen LogP contribution in [-0.4, -0.2) is 12.1 Å². The number of thiazole rings is 1. The number of hydrogen-bond donors (Lipinski definition) is 1. The Morgan fingerprint density at radius 1 is 1.35 bits per heavy atom. The minimum Gasteiger partial charge on any atom is -0.495 e. The van der Waals surface area contributed by atoms with Gasteiger partial charge < -0.3 is 10.1 Å².